The van der Waals surface area contributed by atoms with E-state index in [1.165, 1.54) is 4.90 Å². The van der Waals surface area contributed by atoms with E-state index in [1.54, 1.807) is 54.7 Å². The van der Waals surface area contributed by atoms with E-state index in [9.17, 15) is 9.59 Å². The maximum Gasteiger partial charge on any atom is 0.264 e. The van der Waals surface area contributed by atoms with Gasteiger partial charge in [-0.1, -0.05) is 29.8 Å². The molecule has 2 aromatic carbocycles. The van der Waals surface area contributed by atoms with Crippen LogP contribution in [0.4, 0.5) is 11.4 Å². The summed E-state index contributed by atoms with van der Waals surface area (Å²) in [7, 11) is 0. The van der Waals surface area contributed by atoms with Gasteiger partial charge >= 0.3 is 0 Å². The lowest BCUT2D eigenvalue weighted by molar-refractivity contribution is -0.114. The Kier molecular flexibility index (Phi) is 4.71. The Hall–Kier alpha value is -3.38. The van der Waals surface area contributed by atoms with Crippen LogP contribution in [0.2, 0.25) is 5.02 Å². The minimum Gasteiger partial charge on any atom is -0.436 e. The molecule has 0 bridgehead atoms. The first kappa shape index (κ1) is 18.0. The highest BCUT2D eigenvalue weighted by molar-refractivity contribution is 6.33. The number of fused-ring (bicyclic) bond motifs is 2. The van der Waals surface area contributed by atoms with Crippen molar-refractivity contribution in [2.45, 2.75) is 6.92 Å². The molecule has 2 heterocycles. The molecule has 0 aliphatic carbocycles. The molecule has 140 valence electrons. The van der Waals surface area contributed by atoms with Gasteiger partial charge in [-0.05, 0) is 48.9 Å². The van der Waals surface area contributed by atoms with E-state index in [-0.39, 0.29) is 24.2 Å². The molecule has 0 saturated heterocycles. The van der Waals surface area contributed by atoms with Crippen molar-refractivity contribution in [3.05, 3.63) is 76.9 Å². The molecule has 0 fully saturated rings. The van der Waals surface area contributed by atoms with Crippen LogP contribution < -0.4 is 15.0 Å². The molecular weight excluding hydrogens is 378 g/mol. The number of hydrogen-bond acceptors (Lipinski definition) is 4. The SMILES string of the molecule is Cc1ccc(NC(=O)CN2C(=O)c3cccnc3Oc3ccccc32)c(Cl)c1. The van der Waals surface area contributed by atoms with Gasteiger partial charge in [-0.2, -0.15) is 0 Å². The van der Waals surface area contributed by atoms with Crippen molar-refractivity contribution in [3.63, 3.8) is 0 Å². The monoisotopic (exact) mass is 393 g/mol. The molecular formula is C21H16ClN3O3. The summed E-state index contributed by atoms with van der Waals surface area (Å²) >= 11 is 6.20. The quantitative estimate of drug-likeness (QED) is 0.714. The Balaban J connectivity index is 1.66. The van der Waals surface area contributed by atoms with Crippen LogP contribution in [-0.2, 0) is 4.79 Å². The Morgan fingerprint density at radius 1 is 1.18 bits per heavy atom. The van der Waals surface area contributed by atoms with E-state index in [0.717, 1.165) is 5.56 Å². The van der Waals surface area contributed by atoms with E-state index in [0.29, 0.717) is 27.7 Å². The number of amides is 2. The van der Waals surface area contributed by atoms with Crippen molar-refractivity contribution >= 4 is 34.8 Å². The third-order valence-corrected chi connectivity index (χ3v) is 4.62. The van der Waals surface area contributed by atoms with Crippen LogP contribution in [-0.4, -0.2) is 23.3 Å². The number of rotatable bonds is 3. The predicted octanol–water partition coefficient (Wildman–Crippen LogP) is 4.43. The molecule has 6 nitrogen and oxygen atoms in total. The van der Waals surface area contributed by atoms with Gasteiger partial charge in [-0.3, -0.25) is 14.5 Å². The lowest BCUT2D eigenvalue weighted by Gasteiger charge is -2.21. The molecule has 0 saturated carbocycles. The van der Waals surface area contributed by atoms with E-state index in [4.69, 9.17) is 16.3 Å². The molecule has 0 radical (unpaired) electrons. The number of nitrogens with one attached hydrogen (secondary N) is 1. The molecule has 1 aliphatic heterocycles. The molecule has 0 spiro atoms. The number of nitrogens with zero attached hydrogens (tertiary/aromatic N) is 2. The van der Waals surface area contributed by atoms with Gasteiger partial charge in [0.05, 0.1) is 16.4 Å². The fourth-order valence-electron chi connectivity index (χ4n) is 2.97. The molecule has 4 rings (SSSR count). The fraction of sp³-hybridized carbons (Fsp3) is 0.0952. The first-order chi connectivity index (χ1) is 13.5. The van der Waals surface area contributed by atoms with Crippen LogP contribution in [0.3, 0.4) is 0 Å². The standard InChI is InChI=1S/C21H16ClN3O3/c1-13-8-9-16(15(22)11-13)24-19(26)12-25-17-6-2-3-7-18(17)28-20-14(21(25)27)5-4-10-23-20/h2-11H,12H2,1H3,(H,24,26). The van der Waals surface area contributed by atoms with Crippen LogP contribution in [0.1, 0.15) is 15.9 Å². The van der Waals surface area contributed by atoms with E-state index in [1.807, 2.05) is 13.0 Å². The van der Waals surface area contributed by atoms with Crippen molar-refractivity contribution in [3.8, 4) is 11.6 Å². The molecule has 0 atom stereocenters. The van der Waals surface area contributed by atoms with Gasteiger partial charge in [0.25, 0.3) is 5.91 Å². The number of ether oxygens (including phenoxy) is 1. The second kappa shape index (κ2) is 7.32. The van der Waals surface area contributed by atoms with E-state index < -0.39 is 0 Å². The summed E-state index contributed by atoms with van der Waals surface area (Å²) in [5, 5.41) is 3.20. The van der Waals surface area contributed by atoms with Crippen molar-refractivity contribution in [1.82, 2.24) is 4.98 Å². The van der Waals surface area contributed by atoms with Crippen molar-refractivity contribution in [2.24, 2.45) is 0 Å². The van der Waals surface area contributed by atoms with E-state index in [2.05, 4.69) is 10.3 Å². The van der Waals surface area contributed by atoms with Gasteiger partial charge in [0, 0.05) is 6.20 Å². The number of carbonyl (C=O) groups is 2. The minimum absolute atomic E-state index is 0.197. The van der Waals surface area contributed by atoms with Gasteiger partial charge in [0.1, 0.15) is 12.1 Å². The third kappa shape index (κ3) is 3.42. The summed E-state index contributed by atoms with van der Waals surface area (Å²) in [5.74, 6) is -0.0710. The lowest BCUT2D eigenvalue weighted by atomic mass is 10.2. The maximum atomic E-state index is 13.1. The highest BCUT2D eigenvalue weighted by Crippen LogP contribution is 2.37. The number of aromatic nitrogens is 1. The molecule has 7 heteroatoms. The Morgan fingerprint density at radius 2 is 2.00 bits per heavy atom. The topological polar surface area (TPSA) is 71.5 Å². The zero-order valence-corrected chi connectivity index (χ0v) is 15.7. The second-order valence-corrected chi connectivity index (χ2v) is 6.76. The smallest absolute Gasteiger partial charge is 0.264 e. The van der Waals surface area contributed by atoms with Gasteiger partial charge in [-0.25, -0.2) is 4.98 Å². The van der Waals surface area contributed by atoms with E-state index >= 15 is 0 Å². The first-order valence-electron chi connectivity index (χ1n) is 8.63. The number of hydrogen-bond donors (Lipinski definition) is 1. The van der Waals surface area contributed by atoms with Crippen LogP contribution in [0, 0.1) is 6.92 Å². The van der Waals surface area contributed by atoms with Crippen molar-refractivity contribution in [1.29, 1.82) is 0 Å². The minimum atomic E-state index is -0.374. The molecule has 1 aromatic heterocycles. The largest absolute Gasteiger partial charge is 0.436 e. The summed E-state index contributed by atoms with van der Waals surface area (Å²) in [4.78, 5) is 31.3. The zero-order chi connectivity index (χ0) is 19.7. The van der Waals surface area contributed by atoms with Gasteiger partial charge in [0.15, 0.2) is 5.75 Å². The summed E-state index contributed by atoms with van der Waals surface area (Å²) in [6, 6.07) is 15.7. The van der Waals surface area contributed by atoms with Crippen LogP contribution in [0.15, 0.2) is 60.8 Å². The number of aryl methyl sites for hydroxylation is 1. The molecule has 0 unspecified atom stereocenters. The van der Waals surface area contributed by atoms with Gasteiger partial charge in [-0.15, -0.1) is 0 Å². The first-order valence-corrected chi connectivity index (χ1v) is 9.00. The lowest BCUT2D eigenvalue weighted by Crippen LogP contribution is -2.37. The van der Waals surface area contributed by atoms with Gasteiger partial charge < -0.3 is 10.1 Å². The number of anilines is 2. The number of pyridine rings is 1. The Morgan fingerprint density at radius 3 is 2.82 bits per heavy atom. The van der Waals surface area contributed by atoms with Gasteiger partial charge in [0.2, 0.25) is 11.8 Å². The number of para-hydroxylation sites is 2. The van der Waals surface area contributed by atoms with Crippen LogP contribution in [0.5, 0.6) is 11.6 Å². The summed E-state index contributed by atoms with van der Waals surface area (Å²) in [6.07, 6.45) is 1.55. The number of carbonyl (C=O) groups excluding carboxylic acids is 2. The summed E-state index contributed by atoms with van der Waals surface area (Å²) < 4.78 is 5.81. The molecule has 1 N–H and O–H groups in total. The van der Waals surface area contributed by atoms with Crippen LogP contribution >= 0.6 is 11.6 Å². The average molecular weight is 394 g/mol. The number of benzene rings is 2. The highest BCUT2D eigenvalue weighted by atomic mass is 35.5. The summed E-state index contributed by atoms with van der Waals surface area (Å²) in [5.41, 5.74) is 2.27. The highest BCUT2D eigenvalue weighted by Gasteiger charge is 2.30. The Bertz CT molecular complexity index is 1080. The third-order valence-electron chi connectivity index (χ3n) is 4.31. The molecule has 3 aromatic rings. The van der Waals surface area contributed by atoms with Crippen molar-refractivity contribution < 1.29 is 14.3 Å². The average Bonchev–Trinajstić information content (AvgIpc) is 2.79. The maximum absolute atomic E-state index is 13.1. The molecule has 28 heavy (non-hydrogen) atoms. The normalized spacial score (nSPS) is 12.5. The van der Waals surface area contributed by atoms with Crippen molar-refractivity contribution in [2.75, 3.05) is 16.8 Å². The fourth-order valence-corrected chi connectivity index (χ4v) is 3.25. The summed E-state index contributed by atoms with van der Waals surface area (Å²) in [6.45, 7) is 1.72. The van der Waals surface area contributed by atoms with Crippen LogP contribution in [0.25, 0.3) is 0 Å². The molecule has 2 amide bonds. The second-order valence-electron chi connectivity index (χ2n) is 6.35. The molecule has 1 aliphatic rings. The number of halogens is 1. The zero-order valence-electron chi connectivity index (χ0n) is 15.0. The predicted molar refractivity (Wildman–Crippen MR) is 107 cm³/mol. The Labute approximate surface area is 166 Å².